The van der Waals surface area contributed by atoms with Crippen LogP contribution in [0.5, 0.6) is 0 Å². The highest BCUT2D eigenvalue weighted by atomic mass is 28.5. The molecule has 0 aromatic rings. The molecule has 6 nitrogen and oxygen atoms in total. The summed E-state index contributed by atoms with van der Waals surface area (Å²) in [6.45, 7) is 24.1. The Labute approximate surface area is 172 Å². The van der Waals surface area contributed by atoms with E-state index < -0.39 is 43.0 Å². The SMILES string of the molecule is C[SiH](O[Si](C)(C)C)O[Si](C)(C)O[Si](C)(CCCOCC1CO1)O[Si](C)(C)C. The summed E-state index contributed by atoms with van der Waals surface area (Å²) in [6, 6.07) is 0.924. The molecule has 0 N–H and O–H groups in total. The average molecular weight is 471 g/mol. The molecule has 1 rings (SSSR count). The number of epoxide rings is 1. The molecule has 1 saturated heterocycles. The molecule has 3 atom stereocenters. The fourth-order valence-electron chi connectivity index (χ4n) is 3.11. The van der Waals surface area contributed by atoms with Crippen molar-refractivity contribution < 1.29 is 25.9 Å². The zero-order valence-electron chi connectivity index (χ0n) is 19.1. The number of hydrogen-bond acceptors (Lipinski definition) is 6. The van der Waals surface area contributed by atoms with E-state index in [9.17, 15) is 0 Å². The van der Waals surface area contributed by atoms with E-state index >= 15 is 0 Å². The van der Waals surface area contributed by atoms with Gasteiger partial charge in [-0.15, -0.1) is 0 Å². The molecular formula is C16H42O6Si5. The van der Waals surface area contributed by atoms with E-state index in [2.05, 4.69) is 65.5 Å². The Kier molecular flexibility index (Phi) is 9.82. The van der Waals surface area contributed by atoms with E-state index in [0.717, 1.165) is 25.7 Å². The van der Waals surface area contributed by atoms with Crippen LogP contribution in [-0.2, 0) is 25.9 Å². The second-order valence-corrected chi connectivity index (χ2v) is 28.6. The Morgan fingerprint density at radius 2 is 1.48 bits per heavy atom. The minimum absolute atomic E-state index is 0.320. The molecular weight excluding hydrogens is 429 g/mol. The molecule has 27 heavy (non-hydrogen) atoms. The smallest absolute Gasteiger partial charge is 0.315 e. The molecule has 1 fully saturated rings. The Bertz CT molecular complexity index is 450. The fraction of sp³-hybridized carbons (Fsp3) is 1.00. The van der Waals surface area contributed by atoms with Crippen LogP contribution >= 0.6 is 0 Å². The van der Waals surface area contributed by atoms with Crippen LogP contribution in [0.1, 0.15) is 6.42 Å². The zero-order chi connectivity index (χ0) is 20.9. The van der Waals surface area contributed by atoms with Crippen LogP contribution in [0.15, 0.2) is 0 Å². The third-order valence-corrected chi connectivity index (χ3v) is 20.5. The largest absolute Gasteiger partial charge is 0.439 e. The topological polar surface area (TPSA) is 58.7 Å². The molecule has 0 radical (unpaired) electrons. The Morgan fingerprint density at radius 1 is 0.889 bits per heavy atom. The third-order valence-electron chi connectivity index (χ3n) is 3.58. The predicted molar refractivity (Wildman–Crippen MR) is 123 cm³/mol. The molecule has 162 valence electrons. The van der Waals surface area contributed by atoms with Crippen molar-refractivity contribution in [2.24, 2.45) is 0 Å². The van der Waals surface area contributed by atoms with E-state index in [1.165, 1.54) is 0 Å². The minimum atomic E-state index is -2.34. The maximum absolute atomic E-state index is 6.68. The lowest BCUT2D eigenvalue weighted by molar-refractivity contribution is 0.115. The van der Waals surface area contributed by atoms with Gasteiger partial charge in [-0.3, -0.25) is 0 Å². The van der Waals surface area contributed by atoms with Crippen molar-refractivity contribution in [2.45, 2.75) is 84.0 Å². The van der Waals surface area contributed by atoms with E-state index in [4.69, 9.17) is 25.9 Å². The molecule has 0 saturated carbocycles. The molecule has 1 heterocycles. The van der Waals surface area contributed by atoms with Crippen molar-refractivity contribution in [2.75, 3.05) is 19.8 Å². The van der Waals surface area contributed by atoms with Gasteiger partial charge in [0, 0.05) is 6.61 Å². The van der Waals surface area contributed by atoms with Crippen LogP contribution in [0.2, 0.25) is 71.5 Å². The predicted octanol–water partition coefficient (Wildman–Crippen LogP) is 4.15. The van der Waals surface area contributed by atoms with Crippen molar-refractivity contribution in [1.29, 1.82) is 0 Å². The van der Waals surface area contributed by atoms with Crippen LogP contribution < -0.4 is 0 Å². The summed E-state index contributed by atoms with van der Waals surface area (Å²) in [6.07, 6.45) is 1.27. The Morgan fingerprint density at radius 3 is 1.96 bits per heavy atom. The highest BCUT2D eigenvalue weighted by Gasteiger charge is 2.43. The first-order valence-electron chi connectivity index (χ1n) is 10.0. The minimum Gasteiger partial charge on any atom is -0.439 e. The van der Waals surface area contributed by atoms with Gasteiger partial charge in [0.05, 0.1) is 13.2 Å². The monoisotopic (exact) mass is 470 g/mol. The van der Waals surface area contributed by atoms with Gasteiger partial charge in [0.15, 0.2) is 16.6 Å². The molecule has 1 aliphatic rings. The summed E-state index contributed by atoms with van der Waals surface area (Å²) in [7, 11) is -9.67. The summed E-state index contributed by atoms with van der Waals surface area (Å²) < 4.78 is 36.7. The Hall–Kier alpha value is 0.844. The van der Waals surface area contributed by atoms with Crippen molar-refractivity contribution in [3.63, 3.8) is 0 Å². The summed E-state index contributed by atoms with van der Waals surface area (Å²) in [5, 5.41) is 0. The molecule has 0 bridgehead atoms. The van der Waals surface area contributed by atoms with Gasteiger partial charge in [0.2, 0.25) is 0 Å². The molecule has 3 unspecified atom stereocenters. The number of rotatable bonds is 14. The standard InChI is InChI=1S/C16H42O6Si5/c1-23(19-24(2,3)4)20-26(8,9)22-27(10,21-25(5,6)7)13-11-12-17-14-16-15-18-16/h16,23H,11-15H2,1-10H3. The first-order chi connectivity index (χ1) is 12.1. The summed E-state index contributed by atoms with van der Waals surface area (Å²) in [5.41, 5.74) is 0. The lowest BCUT2D eigenvalue weighted by Crippen LogP contribution is -2.56. The maximum Gasteiger partial charge on any atom is 0.315 e. The molecule has 11 heteroatoms. The van der Waals surface area contributed by atoms with Gasteiger partial charge in [-0.2, -0.15) is 0 Å². The molecule has 1 aliphatic heterocycles. The summed E-state index contributed by atoms with van der Waals surface area (Å²) >= 11 is 0. The van der Waals surface area contributed by atoms with Gasteiger partial charge in [-0.05, 0) is 77.9 Å². The molecule has 0 spiro atoms. The van der Waals surface area contributed by atoms with Gasteiger partial charge in [-0.1, -0.05) is 0 Å². The maximum atomic E-state index is 6.68. The lowest BCUT2D eigenvalue weighted by Gasteiger charge is -2.40. The molecule has 0 aromatic heterocycles. The quantitative estimate of drug-likeness (QED) is 0.216. The van der Waals surface area contributed by atoms with E-state index in [-0.39, 0.29) is 0 Å². The zero-order valence-corrected chi connectivity index (χ0v) is 24.3. The molecule has 0 aromatic carbocycles. The van der Waals surface area contributed by atoms with Crippen molar-refractivity contribution >= 4 is 43.0 Å². The van der Waals surface area contributed by atoms with Crippen LogP contribution in [-0.4, -0.2) is 69.0 Å². The summed E-state index contributed by atoms with van der Waals surface area (Å²) in [4.78, 5) is 0. The average Bonchev–Trinajstić information content (AvgIpc) is 3.15. The van der Waals surface area contributed by atoms with Gasteiger partial charge in [0.25, 0.3) is 9.28 Å². The van der Waals surface area contributed by atoms with Gasteiger partial charge in [-0.25, -0.2) is 0 Å². The van der Waals surface area contributed by atoms with Crippen molar-refractivity contribution in [1.82, 2.24) is 0 Å². The Balaban J connectivity index is 2.60. The normalized spacial score (nSPS) is 21.8. The van der Waals surface area contributed by atoms with E-state index in [1.54, 1.807) is 0 Å². The van der Waals surface area contributed by atoms with Crippen LogP contribution in [0.25, 0.3) is 0 Å². The van der Waals surface area contributed by atoms with Gasteiger partial charge in [0.1, 0.15) is 6.10 Å². The number of ether oxygens (including phenoxy) is 2. The molecule has 0 aliphatic carbocycles. The van der Waals surface area contributed by atoms with Crippen molar-refractivity contribution in [3.8, 4) is 0 Å². The second-order valence-electron chi connectivity index (χ2n) is 9.90. The number of hydrogen-bond donors (Lipinski definition) is 0. The van der Waals surface area contributed by atoms with Crippen LogP contribution in [0, 0.1) is 0 Å². The van der Waals surface area contributed by atoms with E-state index in [1.807, 2.05) is 0 Å². The third kappa shape index (κ3) is 13.6. The first-order valence-corrected chi connectivity index (χ1v) is 24.3. The van der Waals surface area contributed by atoms with Gasteiger partial charge < -0.3 is 25.9 Å². The van der Waals surface area contributed by atoms with Crippen molar-refractivity contribution in [3.05, 3.63) is 0 Å². The second kappa shape index (κ2) is 10.2. The van der Waals surface area contributed by atoms with E-state index in [0.29, 0.717) is 12.7 Å². The van der Waals surface area contributed by atoms with Crippen LogP contribution in [0.3, 0.4) is 0 Å². The lowest BCUT2D eigenvalue weighted by atomic mass is 10.5. The highest BCUT2D eigenvalue weighted by Crippen LogP contribution is 2.27. The highest BCUT2D eigenvalue weighted by molar-refractivity contribution is 6.88. The van der Waals surface area contributed by atoms with Crippen LogP contribution in [0.4, 0.5) is 0 Å². The first kappa shape index (κ1) is 25.9. The van der Waals surface area contributed by atoms with Gasteiger partial charge >= 0.3 is 17.1 Å². The molecule has 0 amide bonds. The fourth-order valence-corrected chi connectivity index (χ4v) is 23.0. The summed E-state index contributed by atoms with van der Waals surface area (Å²) in [5.74, 6) is 0.